The van der Waals surface area contributed by atoms with Crippen molar-refractivity contribution in [2.75, 3.05) is 0 Å². The number of nitriles is 1. The first-order chi connectivity index (χ1) is 12.9. The summed E-state index contributed by atoms with van der Waals surface area (Å²) >= 11 is 0. The molecule has 0 unspecified atom stereocenters. The van der Waals surface area contributed by atoms with Gasteiger partial charge in [0.2, 0.25) is 0 Å². The van der Waals surface area contributed by atoms with Crippen molar-refractivity contribution in [1.29, 1.82) is 5.26 Å². The van der Waals surface area contributed by atoms with Gasteiger partial charge in [-0.25, -0.2) is 0 Å². The van der Waals surface area contributed by atoms with Crippen LogP contribution in [0.2, 0.25) is 0 Å². The van der Waals surface area contributed by atoms with Crippen LogP contribution in [0, 0.1) is 23.2 Å². The Kier molecular flexibility index (Phi) is 4.83. The average Bonchev–Trinajstić information content (AvgIpc) is 2.67. The summed E-state index contributed by atoms with van der Waals surface area (Å²) in [6.45, 7) is 0. The highest BCUT2D eigenvalue weighted by atomic mass is 19.4. The van der Waals surface area contributed by atoms with Gasteiger partial charge in [-0.15, -0.1) is 0 Å². The molecule has 3 aromatic rings. The predicted molar refractivity (Wildman–Crippen MR) is 93.5 cm³/mol. The van der Waals surface area contributed by atoms with Gasteiger partial charge >= 0.3 is 6.18 Å². The molecule has 1 aromatic heterocycles. The van der Waals surface area contributed by atoms with Crippen molar-refractivity contribution in [3.63, 3.8) is 0 Å². The van der Waals surface area contributed by atoms with E-state index in [9.17, 15) is 18.3 Å². The number of phenols is 1. The molecule has 0 bridgehead atoms. The topological polar surface area (TPSA) is 56.9 Å². The second-order valence-electron chi connectivity index (χ2n) is 5.59. The summed E-state index contributed by atoms with van der Waals surface area (Å²) in [6, 6.07) is 13.2. The first-order valence-electron chi connectivity index (χ1n) is 7.75. The van der Waals surface area contributed by atoms with Gasteiger partial charge in [-0.3, -0.25) is 4.98 Å². The molecular weight excluding hydrogens is 353 g/mol. The number of aromatic nitrogens is 1. The zero-order valence-corrected chi connectivity index (χ0v) is 13.7. The Balaban J connectivity index is 2.13. The first kappa shape index (κ1) is 18.0. The van der Waals surface area contributed by atoms with Crippen molar-refractivity contribution in [3.8, 4) is 34.8 Å². The summed E-state index contributed by atoms with van der Waals surface area (Å²) < 4.78 is 39.5. The molecule has 0 aliphatic carbocycles. The fourth-order valence-electron chi connectivity index (χ4n) is 2.50. The van der Waals surface area contributed by atoms with Crippen molar-refractivity contribution < 1.29 is 18.3 Å². The maximum absolute atomic E-state index is 13.2. The normalized spacial score (nSPS) is 10.6. The number of alkyl halides is 3. The lowest BCUT2D eigenvalue weighted by atomic mass is 9.98. The molecule has 3 rings (SSSR count). The number of pyridine rings is 1. The summed E-state index contributed by atoms with van der Waals surface area (Å²) in [4.78, 5) is 3.93. The van der Waals surface area contributed by atoms with Crippen LogP contribution < -0.4 is 0 Å². The molecule has 132 valence electrons. The van der Waals surface area contributed by atoms with Crippen LogP contribution in [0.5, 0.6) is 5.75 Å². The lowest BCUT2D eigenvalue weighted by molar-refractivity contribution is -0.137. The van der Waals surface area contributed by atoms with E-state index in [-0.39, 0.29) is 5.56 Å². The standard InChI is InChI=1S/C21H11F3N2O/c22-21(23,24)20-12-18(27)6-5-17(20)4-3-15-2-1-14(13-25)11-19(15)16-7-9-26-10-8-16/h1-2,5-12,27H. The van der Waals surface area contributed by atoms with Gasteiger partial charge in [0.25, 0.3) is 0 Å². The molecule has 0 saturated heterocycles. The van der Waals surface area contributed by atoms with Gasteiger partial charge in [-0.1, -0.05) is 11.8 Å². The number of nitrogens with zero attached hydrogens (tertiary/aromatic N) is 2. The first-order valence-corrected chi connectivity index (χ1v) is 7.75. The lowest BCUT2D eigenvalue weighted by Crippen LogP contribution is -2.07. The van der Waals surface area contributed by atoms with Crippen LogP contribution in [-0.4, -0.2) is 10.1 Å². The fraction of sp³-hybridized carbons (Fsp3) is 0.0476. The van der Waals surface area contributed by atoms with Crippen LogP contribution in [0.15, 0.2) is 60.9 Å². The molecule has 0 aliphatic heterocycles. The molecule has 2 aromatic carbocycles. The molecule has 0 amide bonds. The maximum Gasteiger partial charge on any atom is 0.417 e. The predicted octanol–water partition coefficient (Wildman–Crippen LogP) is 4.74. The number of benzene rings is 2. The van der Waals surface area contributed by atoms with E-state index in [0.29, 0.717) is 22.8 Å². The highest BCUT2D eigenvalue weighted by molar-refractivity contribution is 5.73. The fourth-order valence-corrected chi connectivity index (χ4v) is 2.50. The third-order valence-corrected chi connectivity index (χ3v) is 3.78. The molecule has 0 saturated carbocycles. The average molecular weight is 364 g/mol. The highest BCUT2D eigenvalue weighted by Gasteiger charge is 2.33. The lowest BCUT2D eigenvalue weighted by Gasteiger charge is -2.09. The monoisotopic (exact) mass is 364 g/mol. The van der Waals surface area contributed by atoms with Crippen LogP contribution in [-0.2, 0) is 6.18 Å². The van der Waals surface area contributed by atoms with E-state index < -0.39 is 17.5 Å². The molecule has 0 atom stereocenters. The van der Waals surface area contributed by atoms with Crippen molar-refractivity contribution in [1.82, 2.24) is 4.98 Å². The Morgan fingerprint density at radius 3 is 2.22 bits per heavy atom. The van der Waals surface area contributed by atoms with E-state index in [2.05, 4.69) is 16.8 Å². The maximum atomic E-state index is 13.2. The minimum atomic E-state index is -4.64. The smallest absolute Gasteiger partial charge is 0.417 e. The molecular formula is C21H11F3N2O. The van der Waals surface area contributed by atoms with Crippen molar-refractivity contribution in [2.24, 2.45) is 0 Å². The van der Waals surface area contributed by atoms with Crippen molar-refractivity contribution >= 4 is 0 Å². The van der Waals surface area contributed by atoms with Gasteiger partial charge < -0.3 is 5.11 Å². The third kappa shape index (κ3) is 4.08. The SMILES string of the molecule is N#Cc1ccc(C#Cc2ccc(O)cc2C(F)(F)F)c(-c2ccncc2)c1. The summed E-state index contributed by atoms with van der Waals surface area (Å²) in [5.41, 5.74) is 0.998. The van der Waals surface area contributed by atoms with Crippen LogP contribution in [0.4, 0.5) is 13.2 Å². The summed E-state index contributed by atoms with van der Waals surface area (Å²) in [5, 5.41) is 18.5. The van der Waals surface area contributed by atoms with Gasteiger partial charge in [0, 0.05) is 23.5 Å². The number of halogens is 3. The van der Waals surface area contributed by atoms with Gasteiger partial charge in [-0.05, 0) is 59.7 Å². The second kappa shape index (κ2) is 7.23. The van der Waals surface area contributed by atoms with Crippen LogP contribution in [0.3, 0.4) is 0 Å². The third-order valence-electron chi connectivity index (χ3n) is 3.78. The van der Waals surface area contributed by atoms with E-state index in [0.717, 1.165) is 17.7 Å². The van der Waals surface area contributed by atoms with Crippen molar-refractivity contribution in [3.05, 3.63) is 83.2 Å². The van der Waals surface area contributed by atoms with E-state index >= 15 is 0 Å². The minimum absolute atomic E-state index is 0.245. The summed E-state index contributed by atoms with van der Waals surface area (Å²) in [7, 11) is 0. The number of hydrogen-bond donors (Lipinski definition) is 1. The molecule has 1 N–H and O–H groups in total. The Hall–Kier alpha value is -3.77. The molecule has 0 radical (unpaired) electrons. The van der Waals surface area contributed by atoms with Gasteiger partial charge in [-0.2, -0.15) is 18.4 Å². The summed E-state index contributed by atoms with van der Waals surface area (Å²) in [6.07, 6.45) is -1.48. The number of hydrogen-bond acceptors (Lipinski definition) is 3. The minimum Gasteiger partial charge on any atom is -0.508 e. The van der Waals surface area contributed by atoms with E-state index in [4.69, 9.17) is 5.26 Å². The number of rotatable bonds is 1. The Morgan fingerprint density at radius 1 is 0.889 bits per heavy atom. The quantitative estimate of drug-likeness (QED) is 0.634. The molecule has 6 heteroatoms. The number of phenolic OH excluding ortho intramolecular Hbond substituents is 1. The molecule has 0 fully saturated rings. The zero-order valence-electron chi connectivity index (χ0n) is 13.7. The molecule has 0 spiro atoms. The van der Waals surface area contributed by atoms with Crippen LogP contribution in [0.1, 0.15) is 22.3 Å². The molecule has 27 heavy (non-hydrogen) atoms. The molecule has 0 aliphatic rings. The molecule has 3 nitrogen and oxygen atoms in total. The van der Waals surface area contributed by atoms with Gasteiger partial charge in [0.05, 0.1) is 17.2 Å². The Bertz CT molecular complexity index is 1090. The van der Waals surface area contributed by atoms with Crippen molar-refractivity contribution in [2.45, 2.75) is 6.18 Å². The Morgan fingerprint density at radius 2 is 1.56 bits per heavy atom. The second-order valence-corrected chi connectivity index (χ2v) is 5.59. The number of aromatic hydroxyl groups is 1. The zero-order chi connectivity index (χ0) is 19.4. The van der Waals surface area contributed by atoms with E-state index in [1.807, 2.05) is 6.07 Å². The largest absolute Gasteiger partial charge is 0.508 e. The van der Waals surface area contributed by atoms with E-state index in [1.54, 1.807) is 42.7 Å². The van der Waals surface area contributed by atoms with Gasteiger partial charge in [0.1, 0.15) is 5.75 Å². The van der Waals surface area contributed by atoms with Crippen LogP contribution >= 0.6 is 0 Å². The highest BCUT2D eigenvalue weighted by Crippen LogP contribution is 2.34. The summed E-state index contributed by atoms with van der Waals surface area (Å²) in [5.74, 6) is 4.80. The van der Waals surface area contributed by atoms with E-state index in [1.165, 1.54) is 0 Å². The Labute approximate surface area is 153 Å². The van der Waals surface area contributed by atoms with Crippen LogP contribution in [0.25, 0.3) is 11.1 Å². The van der Waals surface area contributed by atoms with Gasteiger partial charge in [0.15, 0.2) is 0 Å². The molecule has 1 heterocycles.